The summed E-state index contributed by atoms with van der Waals surface area (Å²) in [5, 5.41) is 0. The van der Waals surface area contributed by atoms with Gasteiger partial charge in [0.05, 0.1) is 11.4 Å². The van der Waals surface area contributed by atoms with Crippen LogP contribution in [0.5, 0.6) is 11.5 Å². The monoisotopic (exact) mass is 720 g/mol. The van der Waals surface area contributed by atoms with Crippen LogP contribution in [0.1, 0.15) is 41.6 Å². The van der Waals surface area contributed by atoms with Crippen LogP contribution in [-0.2, 0) is 34.2 Å². The van der Waals surface area contributed by atoms with Gasteiger partial charge in [-0.1, -0.05) is 104 Å². The number of rotatable bonds is 12. The van der Waals surface area contributed by atoms with E-state index in [-0.39, 0.29) is 11.3 Å². The summed E-state index contributed by atoms with van der Waals surface area (Å²) in [6, 6.07) is 41.7. The Morgan fingerprint density at radius 3 is 2.17 bits per heavy atom. The molecule has 0 unspecified atom stereocenters. The highest BCUT2D eigenvalue weighted by atomic mass is 32.2. The van der Waals surface area contributed by atoms with E-state index in [9.17, 15) is 13.2 Å². The molecule has 1 N–H and O–H groups in total. The molecule has 0 saturated carbocycles. The van der Waals surface area contributed by atoms with Crippen LogP contribution in [0, 0.1) is 13.8 Å². The summed E-state index contributed by atoms with van der Waals surface area (Å²) in [7, 11) is -4.24. The van der Waals surface area contributed by atoms with Crippen LogP contribution in [0.2, 0.25) is 0 Å². The van der Waals surface area contributed by atoms with Crippen molar-refractivity contribution in [3.8, 4) is 33.8 Å². The molecule has 0 fully saturated rings. The molecule has 0 aliphatic rings. The lowest BCUT2D eigenvalue weighted by atomic mass is 9.98. The number of nitrogens with zero attached hydrogens (tertiary/aromatic N) is 3. The fourth-order valence-electron chi connectivity index (χ4n) is 6.59. The van der Waals surface area contributed by atoms with Crippen LogP contribution in [0.25, 0.3) is 33.4 Å². The number of benzene rings is 5. The molecule has 0 bridgehead atoms. The van der Waals surface area contributed by atoms with Crippen molar-refractivity contribution in [3.63, 3.8) is 0 Å². The van der Waals surface area contributed by atoms with Crippen molar-refractivity contribution in [1.29, 1.82) is 0 Å². The van der Waals surface area contributed by atoms with Gasteiger partial charge in [-0.2, -0.15) is 0 Å². The van der Waals surface area contributed by atoms with E-state index in [0.717, 1.165) is 56.9 Å². The Labute approximate surface area is 310 Å². The number of fused-ring (bicyclic) bond motifs is 1. The molecule has 7 rings (SSSR count). The average molecular weight is 721 g/mol. The molecule has 0 radical (unpaired) electrons. The Balaban J connectivity index is 1.15. The Hall–Kier alpha value is -6.06. The zero-order chi connectivity index (χ0) is 37.0. The number of amides is 1. The van der Waals surface area contributed by atoms with Gasteiger partial charge in [0.15, 0.2) is 5.65 Å². The number of carbonyl (C=O) groups excluding carboxylic acids is 1. The Bertz CT molecular complexity index is 2510. The second-order valence-electron chi connectivity index (χ2n) is 13.0. The van der Waals surface area contributed by atoms with Crippen LogP contribution in [-0.4, -0.2) is 28.9 Å². The lowest BCUT2D eigenvalue weighted by Gasteiger charge is -2.15. The average Bonchev–Trinajstić information content (AvgIpc) is 3.52. The van der Waals surface area contributed by atoms with Crippen LogP contribution in [0.3, 0.4) is 0 Å². The SMILES string of the molecule is CCc1nc2c(C)cc(C)nc2n1Cc1ccc(-c2cc(-c3ccccc3)ccc2S(=O)(=O)NC(=O)CCc2ccccc2Oc2ccccc2)cc1. The minimum Gasteiger partial charge on any atom is -0.457 e. The lowest BCUT2D eigenvalue weighted by Crippen LogP contribution is -2.31. The maximum Gasteiger partial charge on any atom is 0.264 e. The number of pyridine rings is 1. The van der Waals surface area contributed by atoms with Crippen LogP contribution < -0.4 is 9.46 Å². The standard InChI is InChI=1S/C44H40N4O4S/c1-4-41-46-43-30(2)27-31(3)45-44(43)48(41)29-32-19-21-34(22-20-32)38-28-36(33-13-7-5-8-14-33)23-25-40(38)53(50,51)47-42(49)26-24-35-15-11-12-18-39(35)52-37-16-9-6-10-17-37/h5-23,25,27-28H,4,24,26,29H2,1-3H3,(H,47,49). The fraction of sp³-hybridized carbons (Fsp3) is 0.159. The van der Waals surface area contributed by atoms with Gasteiger partial charge in [-0.05, 0) is 90.0 Å². The molecule has 7 aromatic rings. The van der Waals surface area contributed by atoms with Crippen molar-refractivity contribution < 1.29 is 17.9 Å². The third-order valence-corrected chi connectivity index (χ3v) is 10.6. The highest BCUT2D eigenvalue weighted by Crippen LogP contribution is 2.33. The first-order valence-electron chi connectivity index (χ1n) is 17.7. The minimum atomic E-state index is -4.24. The van der Waals surface area contributed by atoms with Gasteiger partial charge < -0.3 is 9.30 Å². The predicted octanol–water partition coefficient (Wildman–Crippen LogP) is 9.22. The first-order valence-corrected chi connectivity index (χ1v) is 19.2. The normalized spacial score (nSPS) is 11.5. The Morgan fingerprint density at radius 2 is 1.43 bits per heavy atom. The van der Waals surface area contributed by atoms with E-state index in [0.29, 0.717) is 35.6 Å². The molecule has 1 amide bonds. The Kier molecular flexibility index (Phi) is 10.2. The third-order valence-electron chi connectivity index (χ3n) is 9.21. The molecular formula is C44H40N4O4S. The van der Waals surface area contributed by atoms with Crippen molar-refractivity contribution in [2.75, 3.05) is 0 Å². The lowest BCUT2D eigenvalue weighted by molar-refractivity contribution is -0.119. The van der Waals surface area contributed by atoms with Gasteiger partial charge in [0, 0.05) is 24.1 Å². The van der Waals surface area contributed by atoms with E-state index in [4.69, 9.17) is 14.7 Å². The fourth-order valence-corrected chi connectivity index (χ4v) is 7.81. The number of ether oxygens (including phenoxy) is 1. The highest BCUT2D eigenvalue weighted by molar-refractivity contribution is 7.90. The molecule has 266 valence electrons. The molecule has 8 nitrogen and oxygen atoms in total. The van der Waals surface area contributed by atoms with Gasteiger partial charge in [-0.15, -0.1) is 0 Å². The smallest absolute Gasteiger partial charge is 0.264 e. The largest absolute Gasteiger partial charge is 0.457 e. The maximum atomic E-state index is 14.0. The number of para-hydroxylation sites is 2. The minimum absolute atomic E-state index is 0.0233. The van der Waals surface area contributed by atoms with Crippen LogP contribution in [0.15, 0.2) is 138 Å². The second kappa shape index (κ2) is 15.3. The molecular weight excluding hydrogens is 681 g/mol. The molecule has 0 aliphatic heterocycles. The number of carbonyl (C=O) groups is 1. The van der Waals surface area contributed by atoms with Gasteiger partial charge in [-0.3, -0.25) is 4.79 Å². The van der Waals surface area contributed by atoms with E-state index < -0.39 is 15.9 Å². The number of hydrogen-bond acceptors (Lipinski definition) is 6. The molecule has 9 heteroatoms. The molecule has 0 spiro atoms. The molecule has 53 heavy (non-hydrogen) atoms. The highest BCUT2D eigenvalue weighted by Gasteiger charge is 2.23. The predicted molar refractivity (Wildman–Crippen MR) is 209 cm³/mol. The van der Waals surface area contributed by atoms with E-state index >= 15 is 0 Å². The number of sulfonamides is 1. The molecule has 0 aliphatic carbocycles. The molecule has 0 atom stereocenters. The van der Waals surface area contributed by atoms with E-state index in [1.54, 1.807) is 12.1 Å². The number of hydrogen-bond donors (Lipinski definition) is 1. The van der Waals surface area contributed by atoms with Gasteiger partial charge in [0.1, 0.15) is 22.8 Å². The van der Waals surface area contributed by atoms with Gasteiger partial charge >= 0.3 is 0 Å². The zero-order valence-electron chi connectivity index (χ0n) is 29.9. The van der Waals surface area contributed by atoms with Crippen molar-refractivity contribution in [3.05, 3.63) is 162 Å². The van der Waals surface area contributed by atoms with Gasteiger partial charge in [0.2, 0.25) is 5.91 Å². The maximum absolute atomic E-state index is 14.0. The molecule has 5 aromatic carbocycles. The van der Waals surface area contributed by atoms with E-state index in [2.05, 4.69) is 23.1 Å². The first kappa shape index (κ1) is 35.3. The number of aryl methyl sites for hydroxylation is 4. The zero-order valence-corrected chi connectivity index (χ0v) is 30.7. The number of imidazole rings is 1. The summed E-state index contributed by atoms with van der Waals surface area (Å²) in [5.41, 5.74) is 8.64. The van der Waals surface area contributed by atoms with Gasteiger partial charge in [0.25, 0.3) is 10.0 Å². The summed E-state index contributed by atoms with van der Waals surface area (Å²) in [5.74, 6) is 1.64. The first-order chi connectivity index (χ1) is 25.7. The van der Waals surface area contributed by atoms with Crippen molar-refractivity contribution >= 4 is 27.1 Å². The van der Waals surface area contributed by atoms with E-state index in [1.165, 1.54) is 0 Å². The summed E-state index contributed by atoms with van der Waals surface area (Å²) in [6.07, 6.45) is 1.02. The van der Waals surface area contributed by atoms with Crippen LogP contribution in [0.4, 0.5) is 0 Å². The molecule has 0 saturated heterocycles. The summed E-state index contributed by atoms with van der Waals surface area (Å²) in [6.45, 7) is 6.70. The number of nitrogens with one attached hydrogen (secondary N) is 1. The van der Waals surface area contributed by atoms with Crippen molar-refractivity contribution in [1.82, 2.24) is 19.3 Å². The quantitative estimate of drug-likeness (QED) is 0.135. The van der Waals surface area contributed by atoms with Gasteiger partial charge in [-0.25, -0.2) is 23.1 Å². The van der Waals surface area contributed by atoms with Crippen LogP contribution >= 0.6 is 0 Å². The molecule has 2 aromatic heterocycles. The molecule has 2 heterocycles. The third kappa shape index (κ3) is 7.90. The Morgan fingerprint density at radius 1 is 0.755 bits per heavy atom. The number of aromatic nitrogens is 3. The summed E-state index contributed by atoms with van der Waals surface area (Å²) >= 11 is 0. The summed E-state index contributed by atoms with van der Waals surface area (Å²) < 4.78 is 38.4. The summed E-state index contributed by atoms with van der Waals surface area (Å²) in [4.78, 5) is 23.0. The second-order valence-corrected chi connectivity index (χ2v) is 14.7. The topological polar surface area (TPSA) is 103 Å². The van der Waals surface area contributed by atoms with Crippen molar-refractivity contribution in [2.24, 2.45) is 0 Å². The van der Waals surface area contributed by atoms with E-state index in [1.807, 2.05) is 128 Å². The van der Waals surface area contributed by atoms with Crippen molar-refractivity contribution in [2.45, 2.75) is 51.5 Å².